The Morgan fingerprint density at radius 1 is 1.15 bits per heavy atom. The van der Waals surface area contributed by atoms with E-state index in [1.165, 1.54) is 17.3 Å². The second-order valence-corrected chi connectivity index (χ2v) is 11.6. The Morgan fingerprint density at radius 3 is 2.62 bits per heavy atom. The Hall–Kier alpha value is -3.03. The summed E-state index contributed by atoms with van der Waals surface area (Å²) in [6.45, 7) is 18.7. The molecular weight excluding hydrogens is 492 g/mol. The van der Waals surface area contributed by atoms with E-state index in [4.69, 9.17) is 16.0 Å². The average Bonchev–Trinajstić information content (AvgIpc) is 3.44. The summed E-state index contributed by atoms with van der Waals surface area (Å²) in [5.74, 6) is 0.0399. The van der Waals surface area contributed by atoms with Crippen LogP contribution in [-0.2, 0) is 15.0 Å². The molecule has 0 radical (unpaired) electrons. The molecule has 0 bridgehead atoms. The Labute approximate surface area is 231 Å². The lowest BCUT2D eigenvalue weighted by Crippen LogP contribution is -2.50. The molecule has 1 amide bonds. The molecule has 2 aliphatic heterocycles. The van der Waals surface area contributed by atoms with E-state index in [9.17, 15) is 4.79 Å². The number of carbonyl (C=O) groups is 1. The zero-order chi connectivity index (χ0) is 27.3. The number of amides is 1. The molecule has 9 heteroatoms. The first-order chi connectivity index (χ1) is 18.9. The Balaban J connectivity index is 1.43. The van der Waals surface area contributed by atoms with E-state index < -0.39 is 0 Å². The first-order valence-electron chi connectivity index (χ1n) is 14.1. The van der Waals surface area contributed by atoms with Crippen molar-refractivity contribution in [3.63, 3.8) is 0 Å². The van der Waals surface area contributed by atoms with Crippen molar-refractivity contribution >= 4 is 23.0 Å². The Bertz CT molecular complexity index is 1230. The van der Waals surface area contributed by atoms with Crippen LogP contribution in [0.4, 0.5) is 11.5 Å². The van der Waals surface area contributed by atoms with Gasteiger partial charge >= 0.3 is 5.91 Å². The minimum atomic E-state index is -0.347. The van der Waals surface area contributed by atoms with Gasteiger partial charge in [-0.3, -0.25) is 14.7 Å². The molecule has 5 rings (SSSR count). The highest BCUT2D eigenvalue weighted by atomic mass is 16.5. The molecule has 1 aliphatic carbocycles. The number of aromatic amines is 1. The summed E-state index contributed by atoms with van der Waals surface area (Å²) in [5.41, 5.74) is 4.43. The van der Waals surface area contributed by atoms with Crippen LogP contribution in [0.25, 0.3) is 10.4 Å². The Morgan fingerprint density at radius 2 is 1.92 bits per heavy atom. The summed E-state index contributed by atoms with van der Waals surface area (Å²) in [7, 11) is 0. The number of aromatic nitrogens is 2. The maximum absolute atomic E-state index is 13.1. The number of nitrogens with zero attached hydrogens (tertiary/aromatic N) is 3. The molecule has 3 aliphatic rings. The molecular formula is C30H40N6O3. The molecule has 0 atom stereocenters. The number of allylic oxidation sites excluding steroid dienone is 2. The zero-order valence-electron chi connectivity index (χ0n) is 23.1. The van der Waals surface area contributed by atoms with Crippen molar-refractivity contribution in [1.82, 2.24) is 20.2 Å². The van der Waals surface area contributed by atoms with Crippen molar-refractivity contribution < 1.29 is 14.3 Å². The highest BCUT2D eigenvalue weighted by molar-refractivity contribution is 6.03. The van der Waals surface area contributed by atoms with Crippen molar-refractivity contribution in [2.45, 2.75) is 51.5 Å². The summed E-state index contributed by atoms with van der Waals surface area (Å²) in [6.07, 6.45) is 8.59. The van der Waals surface area contributed by atoms with Gasteiger partial charge in [0.15, 0.2) is 0 Å². The van der Waals surface area contributed by atoms with Crippen molar-refractivity contribution in [2.75, 3.05) is 57.9 Å². The van der Waals surface area contributed by atoms with E-state index in [2.05, 4.69) is 62.4 Å². The SMILES string of the molecule is [C-]#[N+]c1cnc(C(=O)Nc2ccc(C3(NCCN4CCOCC4)CCOCC3)cc2C2=CCC(C)(C)CC2)[nH]1. The zero-order valence-corrected chi connectivity index (χ0v) is 23.1. The lowest BCUT2D eigenvalue weighted by atomic mass is 9.75. The molecule has 0 saturated carbocycles. The van der Waals surface area contributed by atoms with Crippen molar-refractivity contribution in [3.8, 4) is 0 Å². The number of imidazole rings is 1. The third-order valence-corrected chi connectivity index (χ3v) is 8.38. The van der Waals surface area contributed by atoms with Crippen molar-refractivity contribution in [3.05, 3.63) is 58.8 Å². The molecule has 2 fully saturated rings. The largest absolute Gasteiger partial charge is 0.381 e. The molecule has 9 nitrogen and oxygen atoms in total. The first kappa shape index (κ1) is 27.5. The maximum Gasteiger partial charge on any atom is 0.314 e. The molecule has 2 saturated heterocycles. The van der Waals surface area contributed by atoms with E-state index >= 15 is 0 Å². The number of nitrogens with one attached hydrogen (secondary N) is 3. The lowest BCUT2D eigenvalue weighted by molar-refractivity contribution is 0.0253. The van der Waals surface area contributed by atoms with Crippen molar-refractivity contribution in [1.29, 1.82) is 0 Å². The molecule has 208 valence electrons. The second-order valence-electron chi connectivity index (χ2n) is 11.6. The van der Waals surface area contributed by atoms with Crippen LogP contribution in [0.1, 0.15) is 67.7 Å². The number of hydrogen-bond donors (Lipinski definition) is 3. The summed E-state index contributed by atoms with van der Waals surface area (Å²) < 4.78 is 11.3. The topological polar surface area (TPSA) is 95.9 Å². The van der Waals surface area contributed by atoms with E-state index in [0.29, 0.717) is 0 Å². The fourth-order valence-electron chi connectivity index (χ4n) is 5.77. The van der Waals surface area contributed by atoms with Gasteiger partial charge in [-0.25, -0.2) is 4.98 Å². The maximum atomic E-state index is 13.1. The standard InChI is InChI=1S/C30H40N6O3/c1-29(2)8-6-22(7-9-29)24-20-23(4-5-25(24)34-28(37)27-32-21-26(31-3)35-27)30(10-16-38-17-11-30)33-12-13-36-14-18-39-19-15-36/h4-6,20-21,33H,7-19H2,1-2H3,(H,32,35)(H,34,37). The molecule has 39 heavy (non-hydrogen) atoms. The van der Waals surface area contributed by atoms with Crippen LogP contribution in [0.5, 0.6) is 0 Å². The second kappa shape index (κ2) is 12.0. The lowest BCUT2D eigenvalue weighted by Gasteiger charge is -2.40. The predicted molar refractivity (Wildman–Crippen MR) is 152 cm³/mol. The fraction of sp³-hybridized carbons (Fsp3) is 0.567. The quantitative estimate of drug-likeness (QED) is 0.426. The van der Waals surface area contributed by atoms with Crippen molar-refractivity contribution in [2.24, 2.45) is 5.41 Å². The molecule has 1 aromatic heterocycles. The van der Waals surface area contributed by atoms with E-state index in [1.54, 1.807) is 0 Å². The number of morpholine rings is 1. The van der Waals surface area contributed by atoms with Crippen LogP contribution in [0, 0.1) is 12.0 Å². The minimum Gasteiger partial charge on any atom is -0.381 e. The molecule has 2 aromatic rings. The van der Waals surface area contributed by atoms with Gasteiger partial charge in [0, 0.05) is 56.2 Å². The Kier molecular flexibility index (Phi) is 8.48. The van der Waals surface area contributed by atoms with Gasteiger partial charge in [0.1, 0.15) is 0 Å². The van der Waals surface area contributed by atoms with Gasteiger partial charge < -0.3 is 25.0 Å². The number of carbonyl (C=O) groups excluding carboxylic acids is 1. The van der Waals surface area contributed by atoms with Crippen LogP contribution >= 0.6 is 0 Å². The van der Waals surface area contributed by atoms with Gasteiger partial charge in [0.05, 0.1) is 19.4 Å². The minimum absolute atomic E-state index is 0.139. The summed E-state index contributed by atoms with van der Waals surface area (Å²) >= 11 is 0. The van der Waals surface area contributed by atoms with Gasteiger partial charge in [-0.1, -0.05) is 32.6 Å². The highest BCUT2D eigenvalue weighted by Crippen LogP contribution is 2.42. The summed E-state index contributed by atoms with van der Waals surface area (Å²) in [6, 6.07) is 6.45. The number of hydrogen-bond acceptors (Lipinski definition) is 6. The van der Waals surface area contributed by atoms with Gasteiger partial charge in [0.25, 0.3) is 5.82 Å². The molecule has 0 unspecified atom stereocenters. The normalized spacial score (nSPS) is 21.1. The van der Waals surface area contributed by atoms with Gasteiger partial charge in [-0.15, -0.1) is 0 Å². The average molecular weight is 533 g/mol. The van der Waals surface area contributed by atoms with E-state index in [-0.39, 0.29) is 28.5 Å². The van der Waals surface area contributed by atoms with Crippen LogP contribution < -0.4 is 10.6 Å². The molecule has 3 N–H and O–H groups in total. The number of rotatable bonds is 8. The van der Waals surface area contributed by atoms with Crippen LogP contribution in [0.2, 0.25) is 0 Å². The van der Waals surface area contributed by atoms with Crippen LogP contribution in [0.3, 0.4) is 0 Å². The third-order valence-electron chi connectivity index (χ3n) is 8.38. The van der Waals surface area contributed by atoms with Crippen LogP contribution in [0.15, 0.2) is 30.5 Å². The molecule has 3 heterocycles. The highest BCUT2D eigenvalue weighted by Gasteiger charge is 2.35. The smallest absolute Gasteiger partial charge is 0.314 e. The summed E-state index contributed by atoms with van der Waals surface area (Å²) in [4.78, 5) is 25.7. The first-order valence-corrected chi connectivity index (χ1v) is 14.1. The predicted octanol–water partition coefficient (Wildman–Crippen LogP) is 4.73. The number of H-pyrrole nitrogens is 1. The van der Waals surface area contributed by atoms with E-state index in [1.807, 2.05) is 6.07 Å². The number of anilines is 1. The molecule has 1 aromatic carbocycles. The van der Waals surface area contributed by atoms with Gasteiger partial charge in [-0.2, -0.15) is 0 Å². The number of benzene rings is 1. The van der Waals surface area contributed by atoms with Crippen LogP contribution in [-0.4, -0.2) is 73.4 Å². The monoisotopic (exact) mass is 532 g/mol. The van der Waals surface area contributed by atoms with Gasteiger partial charge in [-0.05, 0) is 60.8 Å². The third kappa shape index (κ3) is 6.59. The number of ether oxygens (including phenoxy) is 2. The van der Waals surface area contributed by atoms with Gasteiger partial charge in [0.2, 0.25) is 5.82 Å². The van der Waals surface area contributed by atoms with E-state index in [0.717, 1.165) is 96.0 Å². The molecule has 0 spiro atoms. The fourth-order valence-corrected chi connectivity index (χ4v) is 5.77. The summed E-state index contributed by atoms with van der Waals surface area (Å²) in [5, 5.41) is 7.00.